The van der Waals surface area contributed by atoms with Gasteiger partial charge in [0.2, 0.25) is 0 Å². The van der Waals surface area contributed by atoms with E-state index in [2.05, 4.69) is 21.4 Å². The molecule has 0 spiro atoms. The van der Waals surface area contributed by atoms with E-state index >= 15 is 0 Å². The summed E-state index contributed by atoms with van der Waals surface area (Å²) < 4.78 is 0. The number of aromatic hydroxyl groups is 1. The topological polar surface area (TPSA) is 71.7 Å². The van der Waals surface area contributed by atoms with E-state index in [0.29, 0.717) is 17.7 Å². The first-order chi connectivity index (χ1) is 11.7. The number of benzene rings is 1. The Bertz CT molecular complexity index is 572. The SMILES string of the molecule is N=N/C(=C\NC1CCCC1)CN1CCC(c2cccc(O)c2)CC1. The van der Waals surface area contributed by atoms with Gasteiger partial charge in [0, 0.05) is 18.8 Å². The zero-order chi connectivity index (χ0) is 16.8. The number of hydrogen-bond donors (Lipinski definition) is 3. The van der Waals surface area contributed by atoms with E-state index in [1.165, 1.54) is 31.2 Å². The summed E-state index contributed by atoms with van der Waals surface area (Å²) in [6.45, 7) is 2.77. The number of nitrogens with one attached hydrogen (secondary N) is 2. The third kappa shape index (κ3) is 4.57. The van der Waals surface area contributed by atoms with Crippen LogP contribution in [0.2, 0.25) is 0 Å². The van der Waals surface area contributed by atoms with E-state index in [4.69, 9.17) is 5.53 Å². The lowest BCUT2D eigenvalue weighted by Crippen LogP contribution is -2.34. The van der Waals surface area contributed by atoms with Gasteiger partial charge in [-0.25, -0.2) is 5.53 Å². The van der Waals surface area contributed by atoms with Gasteiger partial charge in [-0.05, 0) is 62.4 Å². The van der Waals surface area contributed by atoms with Crippen LogP contribution in [0.25, 0.3) is 0 Å². The summed E-state index contributed by atoms with van der Waals surface area (Å²) in [5.74, 6) is 0.872. The van der Waals surface area contributed by atoms with Crippen LogP contribution in [0.1, 0.15) is 50.0 Å². The number of phenols is 1. The molecule has 1 aliphatic heterocycles. The standard InChI is InChI=1S/C19H28N4O/c20-22-18(13-21-17-5-1-2-6-17)14-23-10-8-15(9-11-23)16-4-3-7-19(24)12-16/h3-4,7,12-13,15,17,20-21,24H,1-2,5-6,8-11,14H2/b18-13-,22-20?. The summed E-state index contributed by atoms with van der Waals surface area (Å²) in [5.41, 5.74) is 9.46. The van der Waals surface area contributed by atoms with Crippen LogP contribution < -0.4 is 5.32 Å². The van der Waals surface area contributed by atoms with E-state index in [-0.39, 0.29) is 0 Å². The maximum Gasteiger partial charge on any atom is 0.115 e. The van der Waals surface area contributed by atoms with Gasteiger partial charge in [-0.2, -0.15) is 5.11 Å². The summed E-state index contributed by atoms with van der Waals surface area (Å²) in [5, 5.41) is 16.8. The summed E-state index contributed by atoms with van der Waals surface area (Å²) >= 11 is 0. The maximum atomic E-state index is 9.64. The molecule has 1 aromatic carbocycles. The molecule has 1 heterocycles. The summed E-state index contributed by atoms with van der Waals surface area (Å²) in [7, 11) is 0. The fraction of sp³-hybridized carbons (Fsp3) is 0.579. The molecule has 1 saturated carbocycles. The van der Waals surface area contributed by atoms with E-state index in [0.717, 1.165) is 38.2 Å². The number of phenolic OH excluding ortho intramolecular Hbond substituents is 1. The molecule has 3 N–H and O–H groups in total. The van der Waals surface area contributed by atoms with Gasteiger partial charge in [-0.15, -0.1) is 0 Å². The molecule has 0 amide bonds. The predicted octanol–water partition coefficient (Wildman–Crippen LogP) is 3.98. The summed E-state index contributed by atoms with van der Waals surface area (Å²) in [4.78, 5) is 2.37. The van der Waals surface area contributed by atoms with Crippen LogP contribution in [0, 0.1) is 5.53 Å². The lowest BCUT2D eigenvalue weighted by atomic mass is 9.89. The minimum Gasteiger partial charge on any atom is -0.508 e. The Labute approximate surface area is 144 Å². The molecular formula is C19H28N4O. The first kappa shape index (κ1) is 17.0. The van der Waals surface area contributed by atoms with Crippen molar-refractivity contribution in [3.8, 4) is 5.75 Å². The Morgan fingerprint density at radius 3 is 2.67 bits per heavy atom. The molecule has 5 nitrogen and oxygen atoms in total. The molecule has 24 heavy (non-hydrogen) atoms. The minimum atomic E-state index is 0.353. The Morgan fingerprint density at radius 1 is 1.25 bits per heavy atom. The third-order valence-corrected chi connectivity index (χ3v) is 5.30. The Kier molecular flexibility index (Phi) is 5.86. The smallest absolute Gasteiger partial charge is 0.115 e. The highest BCUT2D eigenvalue weighted by Gasteiger charge is 2.21. The molecule has 130 valence electrons. The second kappa shape index (κ2) is 8.29. The maximum absolute atomic E-state index is 9.64. The van der Waals surface area contributed by atoms with Crippen LogP contribution in [-0.4, -0.2) is 35.7 Å². The summed E-state index contributed by atoms with van der Waals surface area (Å²) in [6.07, 6.45) is 9.21. The molecule has 3 rings (SSSR count). The van der Waals surface area contributed by atoms with Gasteiger partial charge in [0.15, 0.2) is 0 Å². The lowest BCUT2D eigenvalue weighted by Gasteiger charge is -2.32. The van der Waals surface area contributed by atoms with E-state index < -0.39 is 0 Å². The second-order valence-corrected chi connectivity index (χ2v) is 7.04. The van der Waals surface area contributed by atoms with Crippen LogP contribution in [0.5, 0.6) is 5.75 Å². The van der Waals surface area contributed by atoms with Crippen LogP contribution >= 0.6 is 0 Å². The van der Waals surface area contributed by atoms with Gasteiger partial charge in [-0.1, -0.05) is 25.0 Å². The molecule has 0 unspecified atom stereocenters. The van der Waals surface area contributed by atoms with Crippen LogP contribution in [0.3, 0.4) is 0 Å². The van der Waals surface area contributed by atoms with Gasteiger partial charge in [-0.3, -0.25) is 4.90 Å². The molecule has 2 fully saturated rings. The van der Waals surface area contributed by atoms with Gasteiger partial charge >= 0.3 is 0 Å². The van der Waals surface area contributed by atoms with Crippen LogP contribution in [0.15, 0.2) is 41.3 Å². The van der Waals surface area contributed by atoms with Crippen molar-refractivity contribution in [3.63, 3.8) is 0 Å². The van der Waals surface area contributed by atoms with Gasteiger partial charge in [0.25, 0.3) is 0 Å². The van der Waals surface area contributed by atoms with Crippen molar-refractivity contribution in [3.05, 3.63) is 41.7 Å². The van der Waals surface area contributed by atoms with Gasteiger partial charge in [0.1, 0.15) is 5.75 Å². The van der Waals surface area contributed by atoms with Crippen LogP contribution in [0.4, 0.5) is 0 Å². The second-order valence-electron chi connectivity index (χ2n) is 7.04. The molecule has 1 saturated heterocycles. The largest absolute Gasteiger partial charge is 0.508 e. The third-order valence-electron chi connectivity index (χ3n) is 5.30. The average molecular weight is 328 g/mol. The van der Waals surface area contributed by atoms with Gasteiger partial charge in [0.05, 0.1) is 5.70 Å². The van der Waals surface area contributed by atoms with Crippen molar-refractivity contribution in [2.75, 3.05) is 19.6 Å². The predicted molar refractivity (Wildman–Crippen MR) is 95.1 cm³/mol. The fourth-order valence-electron chi connectivity index (χ4n) is 3.85. The molecule has 1 aromatic rings. The lowest BCUT2D eigenvalue weighted by molar-refractivity contribution is 0.226. The minimum absolute atomic E-state index is 0.353. The normalized spacial score (nSPS) is 21.1. The van der Waals surface area contributed by atoms with Crippen LogP contribution in [-0.2, 0) is 0 Å². The van der Waals surface area contributed by atoms with E-state index in [1.807, 2.05) is 18.3 Å². The molecule has 5 heteroatoms. The van der Waals surface area contributed by atoms with Crippen molar-refractivity contribution in [1.29, 1.82) is 5.53 Å². The quantitative estimate of drug-likeness (QED) is 0.692. The molecule has 0 bridgehead atoms. The van der Waals surface area contributed by atoms with Crippen molar-refractivity contribution < 1.29 is 5.11 Å². The number of rotatable bonds is 6. The number of likely N-dealkylation sites (tertiary alicyclic amines) is 1. The Morgan fingerprint density at radius 2 is 2.00 bits per heavy atom. The summed E-state index contributed by atoms with van der Waals surface area (Å²) in [6, 6.07) is 8.21. The molecule has 2 aliphatic rings. The molecule has 0 aromatic heterocycles. The fourth-order valence-corrected chi connectivity index (χ4v) is 3.85. The molecule has 0 atom stereocenters. The van der Waals surface area contributed by atoms with E-state index in [1.54, 1.807) is 6.07 Å². The molecule has 0 radical (unpaired) electrons. The monoisotopic (exact) mass is 328 g/mol. The zero-order valence-electron chi connectivity index (χ0n) is 14.2. The van der Waals surface area contributed by atoms with Crippen molar-refractivity contribution in [1.82, 2.24) is 10.2 Å². The highest BCUT2D eigenvalue weighted by Crippen LogP contribution is 2.30. The van der Waals surface area contributed by atoms with E-state index in [9.17, 15) is 5.11 Å². The number of nitrogens with zero attached hydrogens (tertiary/aromatic N) is 2. The van der Waals surface area contributed by atoms with Crippen molar-refractivity contribution in [2.45, 2.75) is 50.5 Å². The number of piperidine rings is 1. The Hall–Kier alpha value is -1.88. The highest BCUT2D eigenvalue weighted by molar-refractivity contribution is 5.30. The van der Waals surface area contributed by atoms with Crippen molar-refractivity contribution >= 4 is 0 Å². The molecule has 1 aliphatic carbocycles. The number of hydrogen-bond acceptors (Lipinski definition) is 5. The first-order valence-electron chi connectivity index (χ1n) is 9.08. The Balaban J connectivity index is 1.48. The highest BCUT2D eigenvalue weighted by atomic mass is 16.3. The first-order valence-corrected chi connectivity index (χ1v) is 9.08. The molecular weight excluding hydrogens is 300 g/mol. The van der Waals surface area contributed by atoms with Crippen molar-refractivity contribution in [2.24, 2.45) is 5.11 Å². The average Bonchev–Trinajstić information content (AvgIpc) is 3.12. The van der Waals surface area contributed by atoms with Gasteiger partial charge < -0.3 is 10.4 Å². The zero-order valence-corrected chi connectivity index (χ0v) is 14.2.